The zero-order chi connectivity index (χ0) is 8.93. The molecule has 2 nitrogen and oxygen atoms in total. The van der Waals surface area contributed by atoms with Gasteiger partial charge in [-0.25, -0.2) is 0 Å². The van der Waals surface area contributed by atoms with Crippen LogP contribution in [0, 0.1) is 0 Å². The van der Waals surface area contributed by atoms with Crippen molar-refractivity contribution in [2.75, 3.05) is 13.1 Å². The number of hydrogen-bond acceptors (Lipinski definition) is 2. The Morgan fingerprint density at radius 3 is 2.31 bits per heavy atom. The summed E-state index contributed by atoms with van der Waals surface area (Å²) in [6.07, 6.45) is 3.86. The lowest BCUT2D eigenvalue weighted by molar-refractivity contribution is -0.0719. The molecule has 1 saturated heterocycles. The minimum atomic E-state index is 0.949. The van der Waals surface area contributed by atoms with E-state index in [4.69, 9.17) is 4.84 Å². The number of rotatable bonds is 2. The van der Waals surface area contributed by atoms with E-state index in [0.29, 0.717) is 0 Å². The molecule has 70 valence electrons. The molecule has 0 amide bonds. The number of hydrogen-bond donors (Lipinski definition) is 0. The summed E-state index contributed by atoms with van der Waals surface area (Å²) in [6, 6.07) is 9.99. The van der Waals surface area contributed by atoms with Crippen molar-refractivity contribution in [3.05, 3.63) is 30.3 Å². The van der Waals surface area contributed by atoms with Gasteiger partial charge in [0.05, 0.1) is 0 Å². The van der Waals surface area contributed by atoms with Crippen LogP contribution in [0.15, 0.2) is 30.3 Å². The van der Waals surface area contributed by atoms with Crippen LogP contribution in [0.2, 0.25) is 0 Å². The number of piperidine rings is 1. The van der Waals surface area contributed by atoms with Crippen LogP contribution in [0.1, 0.15) is 19.3 Å². The van der Waals surface area contributed by atoms with Gasteiger partial charge in [0.2, 0.25) is 0 Å². The summed E-state index contributed by atoms with van der Waals surface area (Å²) in [5, 5.41) is 2.05. The Morgan fingerprint density at radius 1 is 0.923 bits per heavy atom. The lowest BCUT2D eigenvalue weighted by Crippen LogP contribution is -2.32. The smallest absolute Gasteiger partial charge is 0.147 e. The second kappa shape index (κ2) is 4.28. The first-order chi connectivity index (χ1) is 6.45. The van der Waals surface area contributed by atoms with Gasteiger partial charge < -0.3 is 4.84 Å². The van der Waals surface area contributed by atoms with Crippen LogP contribution in [0.4, 0.5) is 0 Å². The van der Waals surface area contributed by atoms with Crippen LogP contribution in [-0.4, -0.2) is 18.2 Å². The van der Waals surface area contributed by atoms with Crippen molar-refractivity contribution in [2.24, 2.45) is 0 Å². The van der Waals surface area contributed by atoms with Crippen LogP contribution in [0.5, 0.6) is 5.75 Å². The average Bonchev–Trinajstić information content (AvgIpc) is 2.21. The van der Waals surface area contributed by atoms with Crippen LogP contribution in [0.3, 0.4) is 0 Å². The third kappa shape index (κ3) is 2.46. The molecule has 2 rings (SSSR count). The fourth-order valence-corrected chi connectivity index (χ4v) is 1.59. The van der Waals surface area contributed by atoms with Crippen LogP contribution in [0.25, 0.3) is 0 Å². The summed E-state index contributed by atoms with van der Waals surface area (Å²) in [4.78, 5) is 5.69. The molecule has 0 unspecified atom stereocenters. The normalized spacial score (nSPS) is 18.5. The average molecular weight is 177 g/mol. The van der Waals surface area contributed by atoms with Crippen molar-refractivity contribution in [1.29, 1.82) is 0 Å². The first-order valence-corrected chi connectivity index (χ1v) is 4.93. The highest BCUT2D eigenvalue weighted by Gasteiger charge is 2.10. The van der Waals surface area contributed by atoms with Gasteiger partial charge in [0.25, 0.3) is 0 Å². The number of nitrogens with zero attached hydrogens (tertiary/aromatic N) is 1. The number of benzene rings is 1. The van der Waals surface area contributed by atoms with E-state index in [2.05, 4.69) is 5.06 Å². The summed E-state index contributed by atoms with van der Waals surface area (Å²) in [5.74, 6) is 0.949. The van der Waals surface area contributed by atoms with E-state index in [-0.39, 0.29) is 0 Å². The first-order valence-electron chi connectivity index (χ1n) is 4.93. The largest absolute Gasteiger partial charge is 0.406 e. The van der Waals surface area contributed by atoms with E-state index in [0.717, 1.165) is 18.8 Å². The maximum atomic E-state index is 5.69. The summed E-state index contributed by atoms with van der Waals surface area (Å²) in [7, 11) is 0. The van der Waals surface area contributed by atoms with Crippen LogP contribution >= 0.6 is 0 Å². The third-order valence-corrected chi connectivity index (χ3v) is 2.29. The van der Waals surface area contributed by atoms with Gasteiger partial charge in [-0.2, -0.15) is 0 Å². The third-order valence-electron chi connectivity index (χ3n) is 2.29. The van der Waals surface area contributed by atoms with Gasteiger partial charge in [-0.3, -0.25) is 0 Å². The predicted molar refractivity (Wildman–Crippen MR) is 52.5 cm³/mol. The maximum absolute atomic E-state index is 5.69. The van der Waals surface area contributed by atoms with Gasteiger partial charge in [0.1, 0.15) is 5.75 Å². The Hall–Kier alpha value is -1.02. The molecule has 0 spiro atoms. The molecule has 0 N–H and O–H groups in total. The Kier molecular flexibility index (Phi) is 2.82. The van der Waals surface area contributed by atoms with E-state index >= 15 is 0 Å². The van der Waals surface area contributed by atoms with Gasteiger partial charge in [-0.1, -0.05) is 24.6 Å². The van der Waals surface area contributed by atoms with Crippen molar-refractivity contribution < 1.29 is 4.84 Å². The lowest BCUT2D eigenvalue weighted by Gasteiger charge is -2.25. The molecule has 1 fully saturated rings. The molecule has 1 aliphatic heterocycles. The Labute approximate surface area is 79.1 Å². The Morgan fingerprint density at radius 2 is 1.62 bits per heavy atom. The molecule has 1 aromatic rings. The maximum Gasteiger partial charge on any atom is 0.147 e. The fraction of sp³-hybridized carbons (Fsp3) is 0.455. The van der Waals surface area contributed by atoms with Gasteiger partial charge in [-0.15, -0.1) is 5.06 Å². The molecule has 0 bridgehead atoms. The minimum Gasteiger partial charge on any atom is -0.406 e. The number of hydroxylamine groups is 2. The van der Waals surface area contributed by atoms with E-state index in [1.165, 1.54) is 19.3 Å². The molecule has 1 heterocycles. The zero-order valence-corrected chi connectivity index (χ0v) is 7.78. The van der Waals surface area contributed by atoms with Crippen LogP contribution in [-0.2, 0) is 0 Å². The lowest BCUT2D eigenvalue weighted by atomic mass is 10.2. The molecule has 13 heavy (non-hydrogen) atoms. The molecule has 0 aliphatic carbocycles. The fourth-order valence-electron chi connectivity index (χ4n) is 1.59. The molecule has 0 aromatic heterocycles. The van der Waals surface area contributed by atoms with E-state index < -0.39 is 0 Å². The monoisotopic (exact) mass is 177 g/mol. The summed E-state index contributed by atoms with van der Waals surface area (Å²) < 4.78 is 0. The van der Waals surface area contributed by atoms with E-state index in [1.54, 1.807) is 0 Å². The van der Waals surface area contributed by atoms with Crippen molar-refractivity contribution in [2.45, 2.75) is 19.3 Å². The molecular weight excluding hydrogens is 162 g/mol. The van der Waals surface area contributed by atoms with Gasteiger partial charge in [0, 0.05) is 13.1 Å². The van der Waals surface area contributed by atoms with Crippen molar-refractivity contribution >= 4 is 0 Å². The highest BCUT2D eigenvalue weighted by molar-refractivity contribution is 5.20. The molecule has 1 aliphatic rings. The Bertz CT molecular complexity index is 242. The molecule has 1 aromatic carbocycles. The first kappa shape index (κ1) is 8.57. The minimum absolute atomic E-state index is 0.949. The van der Waals surface area contributed by atoms with E-state index in [1.807, 2.05) is 30.3 Å². The molecule has 2 heteroatoms. The van der Waals surface area contributed by atoms with Crippen molar-refractivity contribution in [3.63, 3.8) is 0 Å². The second-order valence-electron chi connectivity index (χ2n) is 3.39. The standard InChI is InChI=1S/C11H15NO/c1-3-7-11(8-4-1)13-12-9-5-2-6-10-12/h1,3-4,7-8H,2,5-6,9-10H2. The summed E-state index contributed by atoms with van der Waals surface area (Å²) in [5.41, 5.74) is 0. The molecule has 0 saturated carbocycles. The molecular formula is C11H15NO. The predicted octanol–water partition coefficient (Wildman–Crippen LogP) is 2.47. The highest BCUT2D eigenvalue weighted by Crippen LogP contribution is 2.14. The van der Waals surface area contributed by atoms with Gasteiger partial charge in [0.15, 0.2) is 0 Å². The summed E-state index contributed by atoms with van der Waals surface area (Å²) in [6.45, 7) is 2.13. The quantitative estimate of drug-likeness (QED) is 0.688. The van der Waals surface area contributed by atoms with Gasteiger partial charge in [-0.05, 0) is 25.0 Å². The summed E-state index contributed by atoms with van der Waals surface area (Å²) >= 11 is 0. The Balaban J connectivity index is 1.90. The molecule has 0 atom stereocenters. The zero-order valence-electron chi connectivity index (χ0n) is 7.78. The van der Waals surface area contributed by atoms with Gasteiger partial charge >= 0.3 is 0 Å². The molecule has 0 radical (unpaired) electrons. The SMILES string of the molecule is c1ccc(ON2CCCCC2)cc1. The van der Waals surface area contributed by atoms with E-state index in [9.17, 15) is 0 Å². The van der Waals surface area contributed by atoms with Crippen molar-refractivity contribution in [1.82, 2.24) is 5.06 Å². The number of para-hydroxylation sites is 1. The van der Waals surface area contributed by atoms with Crippen LogP contribution < -0.4 is 4.84 Å². The van der Waals surface area contributed by atoms with Crippen molar-refractivity contribution in [3.8, 4) is 5.75 Å². The topological polar surface area (TPSA) is 12.5 Å². The highest BCUT2D eigenvalue weighted by atomic mass is 16.7. The second-order valence-corrected chi connectivity index (χ2v) is 3.39.